The first-order valence-electron chi connectivity index (χ1n) is 10.8. The lowest BCUT2D eigenvalue weighted by atomic mass is 10.0. The van der Waals surface area contributed by atoms with Gasteiger partial charge >= 0.3 is 0 Å². The van der Waals surface area contributed by atoms with Crippen LogP contribution < -0.4 is 5.32 Å². The molecule has 0 aliphatic carbocycles. The third-order valence-corrected chi connectivity index (χ3v) is 7.29. The number of amides is 2. The Morgan fingerprint density at radius 1 is 1.00 bits per heavy atom. The number of likely N-dealkylation sites (N-methyl/N-ethyl adjacent to an activating group) is 1. The molecule has 3 rings (SSSR count). The maximum Gasteiger partial charge on any atom is 0.242 e. The molecule has 0 spiro atoms. The lowest BCUT2D eigenvalue weighted by Crippen LogP contribution is -2.50. The molecule has 0 fully saturated rings. The zero-order chi connectivity index (χ0) is 25.4. The maximum atomic E-state index is 14.1. The van der Waals surface area contributed by atoms with Crippen LogP contribution in [0.5, 0.6) is 0 Å². The van der Waals surface area contributed by atoms with E-state index in [4.69, 9.17) is 34.8 Å². The van der Waals surface area contributed by atoms with Crippen molar-refractivity contribution in [3.05, 3.63) is 104 Å². The molecule has 0 aromatic heterocycles. The second-order valence-electron chi connectivity index (χ2n) is 7.77. The molecule has 0 aliphatic rings. The Labute approximate surface area is 223 Å². The minimum absolute atomic E-state index is 0.0259. The van der Waals surface area contributed by atoms with Crippen molar-refractivity contribution in [2.75, 3.05) is 12.8 Å². The molecule has 3 aromatic carbocycles. The summed E-state index contributed by atoms with van der Waals surface area (Å²) in [6.45, 7) is 0.112. The van der Waals surface area contributed by atoms with Crippen molar-refractivity contribution in [2.24, 2.45) is 0 Å². The van der Waals surface area contributed by atoms with Gasteiger partial charge in [-0.1, -0.05) is 77.3 Å². The van der Waals surface area contributed by atoms with Gasteiger partial charge in [-0.3, -0.25) is 9.59 Å². The lowest BCUT2D eigenvalue weighted by Gasteiger charge is -2.31. The molecule has 0 bridgehead atoms. The summed E-state index contributed by atoms with van der Waals surface area (Å²) in [6.07, 6.45) is 0.321. The number of hydrogen-bond acceptors (Lipinski definition) is 3. The third-order valence-electron chi connectivity index (χ3n) is 5.41. The molecule has 0 unspecified atom stereocenters. The normalized spacial score (nSPS) is 11.7. The van der Waals surface area contributed by atoms with Crippen LogP contribution in [-0.4, -0.2) is 35.6 Å². The zero-order valence-corrected chi connectivity index (χ0v) is 22.0. The van der Waals surface area contributed by atoms with E-state index in [1.807, 2.05) is 30.3 Å². The SMILES string of the molecule is CNC(=O)[C@H](Cc1ccccc1)N(Cc1ccc(Cl)cc1Cl)C(=O)CSCc1c(F)cccc1Cl. The number of nitrogens with zero attached hydrogens (tertiary/aromatic N) is 1. The van der Waals surface area contributed by atoms with E-state index in [0.717, 1.165) is 5.56 Å². The predicted octanol–water partition coefficient (Wildman–Crippen LogP) is 6.41. The van der Waals surface area contributed by atoms with Gasteiger partial charge in [0.1, 0.15) is 11.9 Å². The van der Waals surface area contributed by atoms with Gasteiger partial charge < -0.3 is 10.2 Å². The highest BCUT2D eigenvalue weighted by Gasteiger charge is 2.30. The quantitative estimate of drug-likeness (QED) is 0.316. The minimum atomic E-state index is -0.778. The Hall–Kier alpha value is -2.25. The summed E-state index contributed by atoms with van der Waals surface area (Å²) in [7, 11) is 1.53. The maximum absolute atomic E-state index is 14.1. The van der Waals surface area contributed by atoms with Crippen LogP contribution in [0.3, 0.4) is 0 Å². The molecule has 1 N–H and O–H groups in total. The van der Waals surface area contributed by atoms with Crippen molar-refractivity contribution < 1.29 is 14.0 Å². The highest BCUT2D eigenvalue weighted by molar-refractivity contribution is 7.99. The molecule has 1 atom stereocenters. The van der Waals surface area contributed by atoms with Crippen LogP contribution in [0.15, 0.2) is 66.7 Å². The van der Waals surface area contributed by atoms with Crippen molar-refractivity contribution >= 4 is 58.4 Å². The number of carbonyl (C=O) groups is 2. The van der Waals surface area contributed by atoms with Crippen LogP contribution in [0.2, 0.25) is 15.1 Å². The zero-order valence-electron chi connectivity index (χ0n) is 18.9. The van der Waals surface area contributed by atoms with Gasteiger partial charge in [-0.2, -0.15) is 0 Å². The van der Waals surface area contributed by atoms with Crippen molar-refractivity contribution in [3.8, 4) is 0 Å². The number of thioether (sulfide) groups is 1. The number of halogens is 4. The van der Waals surface area contributed by atoms with Gasteiger partial charge in [0.05, 0.1) is 5.75 Å². The summed E-state index contributed by atoms with van der Waals surface area (Å²) < 4.78 is 14.1. The van der Waals surface area contributed by atoms with E-state index in [2.05, 4.69) is 5.32 Å². The van der Waals surface area contributed by atoms with Gasteiger partial charge in [0.2, 0.25) is 11.8 Å². The molecule has 184 valence electrons. The Kier molecular flexibility index (Phi) is 10.3. The van der Waals surface area contributed by atoms with Gasteiger partial charge in [0.25, 0.3) is 0 Å². The van der Waals surface area contributed by atoms with Crippen LogP contribution in [-0.2, 0) is 28.3 Å². The second-order valence-corrected chi connectivity index (χ2v) is 10.0. The number of rotatable bonds is 10. The molecule has 3 aromatic rings. The van der Waals surface area contributed by atoms with Crippen molar-refractivity contribution in [3.63, 3.8) is 0 Å². The molecule has 0 saturated heterocycles. The van der Waals surface area contributed by atoms with E-state index in [0.29, 0.717) is 32.6 Å². The monoisotopic (exact) mass is 552 g/mol. The number of hydrogen-bond donors (Lipinski definition) is 1. The first kappa shape index (κ1) is 27.3. The standard InChI is InChI=1S/C26H24Cl3FN2O2S/c1-31-26(34)24(12-17-6-3-2-4-7-17)32(14-18-10-11-19(27)13-22(18)29)25(33)16-35-15-20-21(28)8-5-9-23(20)30/h2-11,13,24H,12,14-16H2,1H3,(H,31,34)/t24-/m0/s1. The fourth-order valence-corrected chi connectivity index (χ4v) is 5.26. The Morgan fingerprint density at radius 3 is 2.40 bits per heavy atom. The average molecular weight is 554 g/mol. The molecule has 35 heavy (non-hydrogen) atoms. The Bertz CT molecular complexity index is 1160. The number of benzene rings is 3. The van der Waals surface area contributed by atoms with Gasteiger partial charge in [0.15, 0.2) is 0 Å². The minimum Gasteiger partial charge on any atom is -0.357 e. The fraction of sp³-hybridized carbons (Fsp3) is 0.231. The summed E-state index contributed by atoms with van der Waals surface area (Å²) in [5.41, 5.74) is 1.91. The predicted molar refractivity (Wildman–Crippen MR) is 143 cm³/mol. The largest absolute Gasteiger partial charge is 0.357 e. The Morgan fingerprint density at radius 2 is 1.74 bits per heavy atom. The molecule has 2 amide bonds. The van der Waals surface area contributed by atoms with Crippen molar-refractivity contribution in [2.45, 2.75) is 24.8 Å². The molecule has 4 nitrogen and oxygen atoms in total. The summed E-state index contributed by atoms with van der Waals surface area (Å²) in [4.78, 5) is 27.9. The molecular formula is C26H24Cl3FN2O2S. The van der Waals surface area contributed by atoms with Crippen LogP contribution in [0.1, 0.15) is 16.7 Å². The summed E-state index contributed by atoms with van der Waals surface area (Å²) in [5, 5.41) is 3.85. The third kappa shape index (κ3) is 7.61. The van der Waals surface area contributed by atoms with E-state index >= 15 is 0 Å². The van der Waals surface area contributed by atoms with E-state index in [1.165, 1.54) is 35.8 Å². The van der Waals surface area contributed by atoms with Crippen molar-refractivity contribution in [1.29, 1.82) is 0 Å². The summed E-state index contributed by atoms with van der Waals surface area (Å²) >= 11 is 19.8. The van der Waals surface area contributed by atoms with Crippen LogP contribution in [0.4, 0.5) is 4.39 Å². The molecular weight excluding hydrogens is 530 g/mol. The van der Waals surface area contributed by atoms with E-state index in [1.54, 1.807) is 24.3 Å². The van der Waals surface area contributed by atoms with Gasteiger partial charge in [-0.15, -0.1) is 11.8 Å². The molecule has 0 heterocycles. The first-order valence-corrected chi connectivity index (χ1v) is 13.1. The Balaban J connectivity index is 1.86. The van der Waals surface area contributed by atoms with Crippen LogP contribution in [0.25, 0.3) is 0 Å². The fourth-order valence-electron chi connectivity index (χ4n) is 3.55. The number of nitrogens with one attached hydrogen (secondary N) is 1. The summed E-state index contributed by atoms with van der Waals surface area (Å²) in [6, 6.07) is 18.2. The van der Waals surface area contributed by atoms with E-state index in [9.17, 15) is 14.0 Å². The highest BCUT2D eigenvalue weighted by atomic mass is 35.5. The number of carbonyl (C=O) groups excluding carboxylic acids is 2. The van der Waals surface area contributed by atoms with Crippen molar-refractivity contribution in [1.82, 2.24) is 10.2 Å². The molecule has 9 heteroatoms. The molecule has 0 aliphatic heterocycles. The van der Waals surface area contributed by atoms with Crippen LogP contribution in [0, 0.1) is 5.82 Å². The van der Waals surface area contributed by atoms with E-state index in [-0.39, 0.29) is 29.9 Å². The summed E-state index contributed by atoms with van der Waals surface area (Å²) in [5.74, 6) is -0.754. The smallest absolute Gasteiger partial charge is 0.242 e. The van der Waals surface area contributed by atoms with Gasteiger partial charge in [-0.05, 0) is 35.4 Å². The van der Waals surface area contributed by atoms with Gasteiger partial charge in [0, 0.05) is 46.4 Å². The second kappa shape index (κ2) is 13.2. The van der Waals surface area contributed by atoms with E-state index < -0.39 is 11.9 Å². The van der Waals surface area contributed by atoms with Crippen LogP contribution >= 0.6 is 46.6 Å². The van der Waals surface area contributed by atoms with Gasteiger partial charge in [-0.25, -0.2) is 4.39 Å². The molecule has 0 saturated carbocycles. The first-order chi connectivity index (χ1) is 16.8. The average Bonchev–Trinajstić information content (AvgIpc) is 2.84. The topological polar surface area (TPSA) is 49.4 Å². The highest BCUT2D eigenvalue weighted by Crippen LogP contribution is 2.27. The molecule has 0 radical (unpaired) electrons. The lowest BCUT2D eigenvalue weighted by molar-refractivity contribution is -0.139.